The standard InChI is InChI=1S/C9H13Br.C2H6/c1-4-6-8(3)7-9(10)5-2;1-2/h5-7H,2,4H2,1,3H3;1-2H3/b8-6-,9-7+;. The normalized spacial score (nSPS) is 11.8. The van der Waals surface area contributed by atoms with Crippen molar-refractivity contribution in [3.63, 3.8) is 0 Å². The lowest BCUT2D eigenvalue weighted by Crippen LogP contribution is -1.68. The molecule has 0 atom stereocenters. The van der Waals surface area contributed by atoms with Crippen LogP contribution in [0.5, 0.6) is 0 Å². The van der Waals surface area contributed by atoms with Gasteiger partial charge < -0.3 is 0 Å². The average molecular weight is 231 g/mol. The first-order chi connectivity index (χ1) is 5.70. The molecule has 1 heteroatoms. The van der Waals surface area contributed by atoms with Gasteiger partial charge in [-0.1, -0.05) is 61.0 Å². The Labute approximate surface area is 85.2 Å². The number of hydrogen-bond acceptors (Lipinski definition) is 0. The van der Waals surface area contributed by atoms with Crippen molar-refractivity contribution in [2.45, 2.75) is 34.1 Å². The maximum absolute atomic E-state index is 3.63. The van der Waals surface area contributed by atoms with E-state index in [2.05, 4.69) is 48.5 Å². The van der Waals surface area contributed by atoms with Crippen molar-refractivity contribution in [1.82, 2.24) is 0 Å². The number of halogens is 1. The molecule has 0 unspecified atom stereocenters. The fourth-order valence-electron chi connectivity index (χ4n) is 0.657. The maximum atomic E-state index is 3.63. The molecule has 0 N–H and O–H groups in total. The Morgan fingerprint density at radius 1 is 1.42 bits per heavy atom. The minimum absolute atomic E-state index is 1.04. The molecule has 70 valence electrons. The first kappa shape index (κ1) is 14.2. The summed E-state index contributed by atoms with van der Waals surface area (Å²) in [5.74, 6) is 0. The molecule has 0 aromatic rings. The van der Waals surface area contributed by atoms with Crippen LogP contribution in [0, 0.1) is 0 Å². The van der Waals surface area contributed by atoms with Gasteiger partial charge in [0.1, 0.15) is 0 Å². The smallest absolute Gasteiger partial charge is 0.0171 e. The SMILES string of the molecule is C=C/C(Br)=C\C(C)=C/CC.CC. The molecule has 0 aromatic heterocycles. The third-order valence-corrected chi connectivity index (χ3v) is 1.64. The molecule has 0 heterocycles. The second-order valence-corrected chi connectivity index (χ2v) is 3.01. The van der Waals surface area contributed by atoms with Gasteiger partial charge in [0.15, 0.2) is 0 Å². The van der Waals surface area contributed by atoms with Crippen LogP contribution in [0.15, 0.2) is 34.9 Å². The Kier molecular flexibility index (Phi) is 12.7. The monoisotopic (exact) mass is 230 g/mol. The summed E-state index contributed by atoms with van der Waals surface area (Å²) in [7, 11) is 0. The molecule has 0 aliphatic heterocycles. The molecule has 0 aliphatic carbocycles. The summed E-state index contributed by atoms with van der Waals surface area (Å²) >= 11 is 3.35. The first-order valence-electron chi connectivity index (χ1n) is 4.37. The fraction of sp³-hybridized carbons (Fsp3) is 0.455. The molecule has 0 saturated carbocycles. The van der Waals surface area contributed by atoms with Crippen LogP contribution in [-0.4, -0.2) is 0 Å². The third-order valence-electron chi connectivity index (χ3n) is 1.09. The van der Waals surface area contributed by atoms with Crippen LogP contribution in [0.25, 0.3) is 0 Å². The topological polar surface area (TPSA) is 0 Å². The van der Waals surface area contributed by atoms with E-state index in [0.29, 0.717) is 0 Å². The van der Waals surface area contributed by atoms with Crippen molar-refractivity contribution in [2.75, 3.05) is 0 Å². The molecule has 0 radical (unpaired) electrons. The summed E-state index contributed by atoms with van der Waals surface area (Å²) in [6, 6.07) is 0. The van der Waals surface area contributed by atoms with E-state index in [-0.39, 0.29) is 0 Å². The molecule has 0 bridgehead atoms. The van der Waals surface area contributed by atoms with Gasteiger partial charge in [0.05, 0.1) is 0 Å². The van der Waals surface area contributed by atoms with E-state index in [1.807, 2.05) is 13.8 Å². The molecule has 0 fully saturated rings. The molecule has 0 nitrogen and oxygen atoms in total. The van der Waals surface area contributed by atoms with E-state index in [4.69, 9.17) is 0 Å². The van der Waals surface area contributed by atoms with Gasteiger partial charge in [0.25, 0.3) is 0 Å². The lowest BCUT2D eigenvalue weighted by Gasteiger charge is -1.90. The maximum Gasteiger partial charge on any atom is 0.0171 e. The zero-order valence-electron chi connectivity index (χ0n) is 8.52. The van der Waals surface area contributed by atoms with E-state index in [1.165, 1.54) is 5.57 Å². The van der Waals surface area contributed by atoms with Gasteiger partial charge in [0, 0.05) is 4.48 Å². The van der Waals surface area contributed by atoms with E-state index in [1.54, 1.807) is 6.08 Å². The summed E-state index contributed by atoms with van der Waals surface area (Å²) in [4.78, 5) is 0. The molecular formula is C11H19Br. The predicted octanol–water partition coefficient (Wildman–Crippen LogP) is 4.83. The predicted molar refractivity (Wildman–Crippen MR) is 62.6 cm³/mol. The van der Waals surface area contributed by atoms with Crippen molar-refractivity contribution in [3.05, 3.63) is 34.9 Å². The second kappa shape index (κ2) is 10.7. The molecule has 0 amide bonds. The van der Waals surface area contributed by atoms with Crippen LogP contribution in [0.1, 0.15) is 34.1 Å². The molecule has 0 aromatic carbocycles. The summed E-state index contributed by atoms with van der Waals surface area (Å²) in [5, 5.41) is 0. The molecule has 12 heavy (non-hydrogen) atoms. The van der Waals surface area contributed by atoms with E-state index < -0.39 is 0 Å². The summed E-state index contributed by atoms with van der Waals surface area (Å²) in [6.45, 7) is 11.8. The Morgan fingerprint density at radius 3 is 2.25 bits per heavy atom. The van der Waals surface area contributed by atoms with Crippen molar-refractivity contribution >= 4 is 15.9 Å². The highest BCUT2D eigenvalue weighted by molar-refractivity contribution is 9.11. The number of rotatable bonds is 3. The second-order valence-electron chi connectivity index (χ2n) is 2.09. The zero-order chi connectivity index (χ0) is 9.98. The Hall–Kier alpha value is -0.300. The molecule has 0 saturated heterocycles. The minimum atomic E-state index is 1.04. The zero-order valence-corrected chi connectivity index (χ0v) is 10.1. The van der Waals surface area contributed by atoms with Gasteiger partial charge in [0.2, 0.25) is 0 Å². The minimum Gasteiger partial charge on any atom is -0.0979 e. The third kappa shape index (κ3) is 9.70. The quantitative estimate of drug-likeness (QED) is 0.610. The van der Waals surface area contributed by atoms with Crippen LogP contribution in [0.4, 0.5) is 0 Å². The number of allylic oxidation sites excluding steroid dienone is 5. The van der Waals surface area contributed by atoms with E-state index in [0.717, 1.165) is 10.9 Å². The van der Waals surface area contributed by atoms with E-state index in [9.17, 15) is 0 Å². The lowest BCUT2D eigenvalue weighted by atomic mass is 10.2. The van der Waals surface area contributed by atoms with Gasteiger partial charge in [-0.3, -0.25) is 0 Å². The van der Waals surface area contributed by atoms with Gasteiger partial charge >= 0.3 is 0 Å². The van der Waals surface area contributed by atoms with Crippen LogP contribution in [-0.2, 0) is 0 Å². The van der Waals surface area contributed by atoms with Gasteiger partial charge in [-0.15, -0.1) is 0 Å². The van der Waals surface area contributed by atoms with E-state index >= 15 is 0 Å². The highest BCUT2D eigenvalue weighted by atomic mass is 79.9. The molecule has 0 rings (SSSR count). The van der Waals surface area contributed by atoms with Gasteiger partial charge in [-0.25, -0.2) is 0 Å². The number of hydrogen-bond donors (Lipinski definition) is 0. The van der Waals surface area contributed by atoms with Gasteiger partial charge in [-0.05, 0) is 19.4 Å². The largest absolute Gasteiger partial charge is 0.0979 e. The average Bonchev–Trinajstić information content (AvgIpc) is 2.08. The molecule has 0 spiro atoms. The fourth-order valence-corrected chi connectivity index (χ4v) is 1.02. The van der Waals surface area contributed by atoms with Crippen LogP contribution in [0.3, 0.4) is 0 Å². The van der Waals surface area contributed by atoms with Gasteiger partial charge in [-0.2, -0.15) is 0 Å². The van der Waals surface area contributed by atoms with Crippen molar-refractivity contribution < 1.29 is 0 Å². The summed E-state index contributed by atoms with van der Waals surface area (Å²) in [5.41, 5.74) is 1.27. The highest BCUT2D eigenvalue weighted by Crippen LogP contribution is 2.09. The molecular weight excluding hydrogens is 212 g/mol. The van der Waals surface area contributed by atoms with Crippen molar-refractivity contribution in [3.8, 4) is 0 Å². The van der Waals surface area contributed by atoms with Crippen LogP contribution < -0.4 is 0 Å². The lowest BCUT2D eigenvalue weighted by molar-refractivity contribution is 1.20. The van der Waals surface area contributed by atoms with Crippen molar-refractivity contribution in [2.24, 2.45) is 0 Å². The van der Waals surface area contributed by atoms with Crippen molar-refractivity contribution in [1.29, 1.82) is 0 Å². The summed E-state index contributed by atoms with van der Waals surface area (Å²) < 4.78 is 1.04. The highest BCUT2D eigenvalue weighted by Gasteiger charge is 1.83. The van der Waals surface area contributed by atoms with Crippen LogP contribution in [0.2, 0.25) is 0 Å². The Balaban J connectivity index is 0. The molecule has 0 aliphatic rings. The Morgan fingerprint density at radius 2 is 1.92 bits per heavy atom. The summed E-state index contributed by atoms with van der Waals surface area (Å²) in [6.07, 6.45) is 7.09. The Bertz CT molecular complexity index is 164. The first-order valence-corrected chi connectivity index (χ1v) is 5.16. The van der Waals surface area contributed by atoms with Crippen LogP contribution >= 0.6 is 15.9 Å².